The van der Waals surface area contributed by atoms with Crippen LogP contribution in [0.5, 0.6) is 5.75 Å². The topological polar surface area (TPSA) is 47.3 Å². The van der Waals surface area contributed by atoms with E-state index in [1.165, 1.54) is 12.1 Å². The minimum absolute atomic E-state index is 0.0533. The molecule has 2 aromatic carbocycles. The van der Waals surface area contributed by atoms with Crippen LogP contribution < -0.4 is 16.0 Å². The second-order valence-electron chi connectivity index (χ2n) is 4.66. The van der Waals surface area contributed by atoms with Crippen LogP contribution in [-0.2, 0) is 6.42 Å². The molecule has 0 bridgehead atoms. The van der Waals surface area contributed by atoms with Crippen LogP contribution in [0.2, 0.25) is 0 Å². The van der Waals surface area contributed by atoms with Crippen molar-refractivity contribution < 1.29 is 9.13 Å². The standard InChI is InChI=1S/C16H18BrFN2O/c1-2-21-14-7-4-11(5-8-14)16(20-19)9-12-3-6-13(18)10-15(12)17/h3-8,10,16,20H,2,9,19H2,1H3. The summed E-state index contributed by atoms with van der Waals surface area (Å²) in [6, 6.07) is 12.4. The largest absolute Gasteiger partial charge is 0.494 e. The van der Waals surface area contributed by atoms with Crippen LogP contribution >= 0.6 is 15.9 Å². The van der Waals surface area contributed by atoms with Crippen LogP contribution in [0.4, 0.5) is 4.39 Å². The molecule has 1 atom stereocenters. The van der Waals surface area contributed by atoms with Gasteiger partial charge in [0, 0.05) is 4.47 Å². The average molecular weight is 353 g/mol. The van der Waals surface area contributed by atoms with E-state index < -0.39 is 0 Å². The molecule has 2 rings (SSSR count). The number of ether oxygens (including phenoxy) is 1. The molecular formula is C16H18BrFN2O. The number of rotatable bonds is 6. The lowest BCUT2D eigenvalue weighted by Crippen LogP contribution is -2.29. The number of hydrogen-bond donors (Lipinski definition) is 2. The van der Waals surface area contributed by atoms with Gasteiger partial charge in [0.05, 0.1) is 12.6 Å². The summed E-state index contributed by atoms with van der Waals surface area (Å²) in [6.45, 7) is 2.59. The molecule has 21 heavy (non-hydrogen) atoms. The summed E-state index contributed by atoms with van der Waals surface area (Å²) in [5.74, 6) is 6.23. The minimum atomic E-state index is -0.260. The fourth-order valence-corrected chi connectivity index (χ4v) is 2.66. The fourth-order valence-electron chi connectivity index (χ4n) is 2.14. The lowest BCUT2D eigenvalue weighted by molar-refractivity contribution is 0.340. The molecule has 1 unspecified atom stereocenters. The highest BCUT2D eigenvalue weighted by molar-refractivity contribution is 9.10. The van der Waals surface area contributed by atoms with Crippen molar-refractivity contribution in [3.05, 3.63) is 63.9 Å². The smallest absolute Gasteiger partial charge is 0.124 e. The maximum absolute atomic E-state index is 13.1. The van der Waals surface area contributed by atoms with Crippen LogP contribution in [-0.4, -0.2) is 6.61 Å². The van der Waals surface area contributed by atoms with Crippen molar-refractivity contribution in [2.45, 2.75) is 19.4 Å². The zero-order chi connectivity index (χ0) is 15.2. The van der Waals surface area contributed by atoms with Crippen molar-refractivity contribution in [1.29, 1.82) is 0 Å². The van der Waals surface area contributed by atoms with E-state index in [1.807, 2.05) is 31.2 Å². The Morgan fingerprint density at radius 2 is 1.95 bits per heavy atom. The van der Waals surface area contributed by atoms with E-state index in [0.29, 0.717) is 13.0 Å². The van der Waals surface area contributed by atoms with Gasteiger partial charge in [0.15, 0.2) is 0 Å². The summed E-state index contributed by atoms with van der Waals surface area (Å²) in [6.07, 6.45) is 0.658. The fraction of sp³-hybridized carbons (Fsp3) is 0.250. The Morgan fingerprint density at radius 3 is 2.52 bits per heavy atom. The third-order valence-electron chi connectivity index (χ3n) is 3.23. The highest BCUT2D eigenvalue weighted by Gasteiger charge is 2.13. The van der Waals surface area contributed by atoms with Crippen LogP contribution in [0.15, 0.2) is 46.9 Å². The Hall–Kier alpha value is -1.43. The highest BCUT2D eigenvalue weighted by Crippen LogP contribution is 2.25. The Bertz CT molecular complexity index is 589. The molecule has 3 nitrogen and oxygen atoms in total. The Kier molecular flexibility index (Phi) is 5.73. The number of nitrogens with two attached hydrogens (primary N) is 1. The van der Waals surface area contributed by atoms with Crippen molar-refractivity contribution >= 4 is 15.9 Å². The van der Waals surface area contributed by atoms with Crippen molar-refractivity contribution in [3.8, 4) is 5.75 Å². The molecule has 3 N–H and O–H groups in total. The molecule has 0 aromatic heterocycles. The van der Waals surface area contributed by atoms with E-state index in [-0.39, 0.29) is 11.9 Å². The maximum atomic E-state index is 13.1. The van der Waals surface area contributed by atoms with Gasteiger partial charge in [-0.25, -0.2) is 4.39 Å². The Morgan fingerprint density at radius 1 is 1.24 bits per heavy atom. The molecule has 2 aromatic rings. The van der Waals surface area contributed by atoms with Gasteiger partial charge in [0.25, 0.3) is 0 Å². The zero-order valence-corrected chi connectivity index (χ0v) is 13.4. The number of halogens is 2. The molecular weight excluding hydrogens is 335 g/mol. The minimum Gasteiger partial charge on any atom is -0.494 e. The molecule has 0 aliphatic carbocycles. The predicted octanol–water partition coefficient (Wildman–Crippen LogP) is 3.73. The number of benzene rings is 2. The highest BCUT2D eigenvalue weighted by atomic mass is 79.9. The van der Waals surface area contributed by atoms with Gasteiger partial charge in [-0.05, 0) is 48.7 Å². The van der Waals surface area contributed by atoms with Crippen molar-refractivity contribution in [3.63, 3.8) is 0 Å². The van der Waals surface area contributed by atoms with Crippen LogP contribution in [0.25, 0.3) is 0 Å². The zero-order valence-electron chi connectivity index (χ0n) is 11.8. The normalized spacial score (nSPS) is 12.2. The van der Waals surface area contributed by atoms with Gasteiger partial charge in [-0.1, -0.05) is 34.1 Å². The maximum Gasteiger partial charge on any atom is 0.124 e. The van der Waals surface area contributed by atoms with Gasteiger partial charge in [-0.15, -0.1) is 0 Å². The van der Waals surface area contributed by atoms with Gasteiger partial charge in [-0.3, -0.25) is 11.3 Å². The molecule has 0 radical (unpaired) electrons. The second kappa shape index (κ2) is 7.54. The second-order valence-corrected chi connectivity index (χ2v) is 5.52. The predicted molar refractivity (Wildman–Crippen MR) is 85.5 cm³/mol. The summed E-state index contributed by atoms with van der Waals surface area (Å²) in [7, 11) is 0. The summed E-state index contributed by atoms with van der Waals surface area (Å²) in [4.78, 5) is 0. The van der Waals surface area contributed by atoms with Crippen molar-refractivity contribution in [2.24, 2.45) is 5.84 Å². The Balaban J connectivity index is 2.15. The quantitative estimate of drug-likeness (QED) is 0.615. The first-order valence-corrected chi connectivity index (χ1v) is 7.56. The molecule has 0 saturated heterocycles. The molecule has 5 heteroatoms. The first kappa shape index (κ1) is 15.9. The van der Waals surface area contributed by atoms with Gasteiger partial charge < -0.3 is 4.74 Å². The van der Waals surface area contributed by atoms with E-state index in [9.17, 15) is 4.39 Å². The van der Waals surface area contributed by atoms with Crippen LogP contribution in [0.1, 0.15) is 24.1 Å². The molecule has 0 aliphatic rings. The van der Waals surface area contributed by atoms with E-state index in [4.69, 9.17) is 10.6 Å². The SMILES string of the molecule is CCOc1ccc(C(Cc2ccc(F)cc2Br)NN)cc1. The molecule has 0 saturated carbocycles. The summed E-state index contributed by atoms with van der Waals surface area (Å²) in [5, 5.41) is 0. The third kappa shape index (κ3) is 4.27. The van der Waals surface area contributed by atoms with Crippen molar-refractivity contribution in [2.75, 3.05) is 6.61 Å². The van der Waals surface area contributed by atoms with Crippen LogP contribution in [0.3, 0.4) is 0 Å². The average Bonchev–Trinajstić information content (AvgIpc) is 2.48. The van der Waals surface area contributed by atoms with Gasteiger partial charge in [-0.2, -0.15) is 0 Å². The van der Waals surface area contributed by atoms with Gasteiger partial charge in [0.1, 0.15) is 11.6 Å². The van der Waals surface area contributed by atoms with E-state index in [0.717, 1.165) is 21.3 Å². The Labute approximate surface area is 132 Å². The number of nitrogens with one attached hydrogen (secondary N) is 1. The van der Waals surface area contributed by atoms with E-state index >= 15 is 0 Å². The number of hydrazine groups is 1. The van der Waals surface area contributed by atoms with Gasteiger partial charge >= 0.3 is 0 Å². The first-order chi connectivity index (χ1) is 10.1. The summed E-state index contributed by atoms with van der Waals surface area (Å²) >= 11 is 3.38. The molecule has 0 heterocycles. The number of hydrogen-bond acceptors (Lipinski definition) is 3. The first-order valence-electron chi connectivity index (χ1n) is 6.77. The molecule has 112 valence electrons. The summed E-state index contributed by atoms with van der Waals surface area (Å²) in [5.41, 5.74) is 4.85. The molecule has 0 spiro atoms. The van der Waals surface area contributed by atoms with E-state index in [1.54, 1.807) is 6.07 Å². The third-order valence-corrected chi connectivity index (χ3v) is 3.97. The van der Waals surface area contributed by atoms with Crippen molar-refractivity contribution in [1.82, 2.24) is 5.43 Å². The van der Waals surface area contributed by atoms with Crippen LogP contribution in [0, 0.1) is 5.82 Å². The molecule has 0 fully saturated rings. The van der Waals surface area contributed by atoms with E-state index in [2.05, 4.69) is 21.4 Å². The monoisotopic (exact) mass is 352 g/mol. The lowest BCUT2D eigenvalue weighted by Gasteiger charge is -2.18. The van der Waals surface area contributed by atoms with Gasteiger partial charge in [0.2, 0.25) is 0 Å². The molecule has 0 amide bonds. The summed E-state index contributed by atoms with van der Waals surface area (Å²) < 4.78 is 19.3. The molecule has 0 aliphatic heterocycles. The lowest BCUT2D eigenvalue weighted by atomic mass is 9.99.